The second-order valence-corrected chi connectivity index (χ2v) is 7.77. The van der Waals surface area contributed by atoms with Gasteiger partial charge in [-0.05, 0) is 30.0 Å². The number of carbonyl (C=O) groups excluding carboxylic acids is 2. The van der Waals surface area contributed by atoms with E-state index in [1.807, 2.05) is 19.9 Å². The highest BCUT2D eigenvalue weighted by Gasteiger charge is 2.37. The molecule has 0 saturated carbocycles. The van der Waals surface area contributed by atoms with Crippen molar-refractivity contribution < 1.29 is 14.0 Å². The Balaban J connectivity index is 1.86. The number of furan rings is 1. The van der Waals surface area contributed by atoms with Crippen molar-refractivity contribution in [1.29, 1.82) is 5.26 Å². The Morgan fingerprint density at radius 2 is 2.08 bits per heavy atom. The zero-order valence-electron chi connectivity index (χ0n) is 15.5. The number of rotatable bonds is 3. The first kappa shape index (κ1) is 17.9. The van der Waals surface area contributed by atoms with Crippen molar-refractivity contribution in [3.05, 3.63) is 58.0 Å². The maximum atomic E-state index is 12.9. The van der Waals surface area contributed by atoms with Crippen LogP contribution in [0, 0.1) is 23.7 Å². The Morgan fingerprint density at radius 3 is 2.77 bits per heavy atom. The first-order valence-electron chi connectivity index (χ1n) is 8.62. The predicted octanol–water partition coefficient (Wildman–Crippen LogP) is 3.89. The zero-order valence-corrected chi connectivity index (χ0v) is 15.5. The lowest BCUT2D eigenvalue weighted by Gasteiger charge is -2.27. The number of nitrogens with zero attached hydrogens (tertiary/aromatic N) is 2. The highest BCUT2D eigenvalue weighted by atomic mass is 16.4. The normalized spacial score (nSPS) is 15.3. The van der Waals surface area contributed by atoms with E-state index in [9.17, 15) is 9.59 Å². The molecule has 1 aliphatic rings. The third kappa shape index (κ3) is 3.28. The zero-order chi connectivity index (χ0) is 19.1. The van der Waals surface area contributed by atoms with Gasteiger partial charge in [0.15, 0.2) is 11.5 Å². The summed E-state index contributed by atoms with van der Waals surface area (Å²) in [7, 11) is 1.69. The fourth-order valence-corrected chi connectivity index (χ4v) is 3.55. The molecule has 1 aromatic heterocycles. The molecule has 0 atom stereocenters. The molecule has 1 aromatic carbocycles. The molecule has 3 rings (SSSR count). The van der Waals surface area contributed by atoms with Gasteiger partial charge in [0.25, 0.3) is 5.91 Å². The molecule has 0 spiro atoms. The van der Waals surface area contributed by atoms with Crippen LogP contribution >= 0.6 is 0 Å². The Bertz CT molecular complexity index is 931. The van der Waals surface area contributed by atoms with Gasteiger partial charge in [-0.2, -0.15) is 5.26 Å². The summed E-state index contributed by atoms with van der Waals surface area (Å²) < 4.78 is 5.84. The van der Waals surface area contributed by atoms with E-state index in [-0.39, 0.29) is 22.9 Å². The molecule has 0 fully saturated rings. The van der Waals surface area contributed by atoms with Gasteiger partial charge in [-0.25, -0.2) is 0 Å². The smallest absolute Gasteiger partial charge is 0.289 e. The van der Waals surface area contributed by atoms with Crippen molar-refractivity contribution in [3.8, 4) is 6.07 Å². The molecule has 2 aromatic rings. The SMILES string of the molecule is Cc1c(C(=O)N(C)Cc2cccc(C#N)c2)oc2c1C(=O)CC(C)(C)C2. The van der Waals surface area contributed by atoms with Crippen LogP contribution in [-0.2, 0) is 13.0 Å². The van der Waals surface area contributed by atoms with E-state index < -0.39 is 0 Å². The van der Waals surface area contributed by atoms with Crippen molar-refractivity contribution in [2.24, 2.45) is 5.41 Å². The highest BCUT2D eigenvalue weighted by Crippen LogP contribution is 2.38. The maximum absolute atomic E-state index is 12.9. The monoisotopic (exact) mass is 350 g/mol. The van der Waals surface area contributed by atoms with Crippen LogP contribution in [0.5, 0.6) is 0 Å². The largest absolute Gasteiger partial charge is 0.455 e. The lowest BCUT2D eigenvalue weighted by molar-refractivity contribution is 0.0746. The van der Waals surface area contributed by atoms with Crippen LogP contribution < -0.4 is 0 Å². The molecule has 5 nitrogen and oxygen atoms in total. The van der Waals surface area contributed by atoms with Gasteiger partial charge in [0.05, 0.1) is 17.2 Å². The lowest BCUT2D eigenvalue weighted by Crippen LogP contribution is -2.27. The van der Waals surface area contributed by atoms with Crippen molar-refractivity contribution in [2.75, 3.05) is 7.05 Å². The molecule has 26 heavy (non-hydrogen) atoms. The van der Waals surface area contributed by atoms with E-state index in [0.717, 1.165) is 5.56 Å². The minimum atomic E-state index is -0.259. The molecule has 5 heteroatoms. The van der Waals surface area contributed by atoms with E-state index in [1.165, 1.54) is 0 Å². The van der Waals surface area contributed by atoms with Crippen molar-refractivity contribution in [1.82, 2.24) is 4.90 Å². The number of carbonyl (C=O) groups is 2. The van der Waals surface area contributed by atoms with Gasteiger partial charge in [-0.3, -0.25) is 9.59 Å². The summed E-state index contributed by atoms with van der Waals surface area (Å²) in [5.74, 6) is 0.637. The molecule has 1 heterocycles. The molecular weight excluding hydrogens is 328 g/mol. The number of ketones is 1. The van der Waals surface area contributed by atoms with Gasteiger partial charge in [0, 0.05) is 32.0 Å². The Hall–Kier alpha value is -2.87. The highest BCUT2D eigenvalue weighted by molar-refractivity contribution is 6.03. The summed E-state index contributed by atoms with van der Waals surface area (Å²) in [5, 5.41) is 9.00. The van der Waals surface area contributed by atoms with Crippen molar-refractivity contribution in [3.63, 3.8) is 0 Å². The van der Waals surface area contributed by atoms with Crippen LogP contribution in [0.25, 0.3) is 0 Å². The van der Waals surface area contributed by atoms with E-state index >= 15 is 0 Å². The quantitative estimate of drug-likeness (QED) is 0.842. The second-order valence-electron chi connectivity index (χ2n) is 7.77. The number of nitriles is 1. The number of Topliss-reactive ketones (excluding diaryl/α,β-unsaturated/α-hetero) is 1. The van der Waals surface area contributed by atoms with E-state index in [4.69, 9.17) is 9.68 Å². The van der Waals surface area contributed by atoms with Crippen LogP contribution in [0.1, 0.15) is 63.6 Å². The van der Waals surface area contributed by atoms with Crippen LogP contribution in [0.15, 0.2) is 28.7 Å². The van der Waals surface area contributed by atoms with Gasteiger partial charge in [-0.1, -0.05) is 26.0 Å². The molecule has 1 amide bonds. The summed E-state index contributed by atoms with van der Waals surface area (Å²) in [6.45, 7) is 6.19. The van der Waals surface area contributed by atoms with Crippen molar-refractivity contribution >= 4 is 11.7 Å². The second kappa shape index (κ2) is 6.45. The molecule has 134 valence electrons. The average Bonchev–Trinajstić information content (AvgIpc) is 2.89. The minimum absolute atomic E-state index is 0.0425. The molecule has 0 saturated heterocycles. The molecule has 0 radical (unpaired) electrons. The van der Waals surface area contributed by atoms with Gasteiger partial charge >= 0.3 is 0 Å². The fourth-order valence-electron chi connectivity index (χ4n) is 3.55. The van der Waals surface area contributed by atoms with Crippen LogP contribution in [0.2, 0.25) is 0 Å². The fraction of sp³-hybridized carbons (Fsp3) is 0.381. The minimum Gasteiger partial charge on any atom is -0.455 e. The summed E-state index contributed by atoms with van der Waals surface area (Å²) in [5.41, 5.74) is 2.47. The molecular formula is C21H22N2O3. The van der Waals surface area contributed by atoms with E-state index in [0.29, 0.717) is 41.8 Å². The third-order valence-electron chi connectivity index (χ3n) is 4.79. The summed E-state index contributed by atoms with van der Waals surface area (Å²) in [4.78, 5) is 26.9. The van der Waals surface area contributed by atoms with Gasteiger partial charge in [0.2, 0.25) is 0 Å². The van der Waals surface area contributed by atoms with Crippen molar-refractivity contribution in [2.45, 2.75) is 40.2 Å². The summed E-state index contributed by atoms with van der Waals surface area (Å²) in [6, 6.07) is 9.25. The van der Waals surface area contributed by atoms with Gasteiger partial charge in [0.1, 0.15) is 5.76 Å². The first-order valence-corrected chi connectivity index (χ1v) is 8.62. The lowest BCUT2D eigenvalue weighted by atomic mass is 9.76. The van der Waals surface area contributed by atoms with Gasteiger partial charge in [-0.15, -0.1) is 0 Å². The standard InChI is InChI=1S/C21H22N2O3/c1-13-18-16(24)9-21(2,3)10-17(18)26-19(13)20(25)23(4)12-15-7-5-6-14(8-15)11-22/h5-8H,9-10,12H2,1-4H3. The topological polar surface area (TPSA) is 74.3 Å². The first-order chi connectivity index (χ1) is 12.2. The number of benzene rings is 1. The molecule has 1 aliphatic carbocycles. The summed E-state index contributed by atoms with van der Waals surface area (Å²) >= 11 is 0. The average molecular weight is 350 g/mol. The van der Waals surface area contributed by atoms with E-state index in [2.05, 4.69) is 6.07 Å². The van der Waals surface area contributed by atoms with E-state index in [1.54, 1.807) is 37.1 Å². The number of hydrogen-bond donors (Lipinski definition) is 0. The predicted molar refractivity (Wildman–Crippen MR) is 96.8 cm³/mol. The third-order valence-corrected chi connectivity index (χ3v) is 4.79. The maximum Gasteiger partial charge on any atom is 0.289 e. The Labute approximate surface area is 153 Å². The molecule has 0 unspecified atom stereocenters. The van der Waals surface area contributed by atoms with Crippen LogP contribution in [-0.4, -0.2) is 23.6 Å². The number of hydrogen-bond acceptors (Lipinski definition) is 4. The summed E-state index contributed by atoms with van der Waals surface area (Å²) in [6.07, 6.45) is 1.11. The Morgan fingerprint density at radius 1 is 1.35 bits per heavy atom. The Kier molecular flexibility index (Phi) is 4.45. The molecule has 0 bridgehead atoms. The molecule has 0 aliphatic heterocycles. The number of amides is 1. The van der Waals surface area contributed by atoms with Crippen LogP contribution in [0.4, 0.5) is 0 Å². The van der Waals surface area contributed by atoms with Crippen LogP contribution in [0.3, 0.4) is 0 Å². The van der Waals surface area contributed by atoms with Gasteiger partial charge < -0.3 is 9.32 Å². The molecule has 0 N–H and O–H groups in total. The number of fused-ring (bicyclic) bond motifs is 1.